The number of carbonyl (C=O) groups excluding carboxylic acids is 1. The van der Waals surface area contributed by atoms with Crippen molar-refractivity contribution in [1.29, 1.82) is 0 Å². The van der Waals surface area contributed by atoms with Crippen molar-refractivity contribution in [1.82, 2.24) is 14.5 Å². The summed E-state index contributed by atoms with van der Waals surface area (Å²) in [6.07, 6.45) is 0.580. The van der Waals surface area contributed by atoms with E-state index in [2.05, 4.69) is 4.98 Å². The number of benzene rings is 2. The Morgan fingerprint density at radius 1 is 1.12 bits per heavy atom. The molecule has 0 saturated carbocycles. The monoisotopic (exact) mass is 475 g/mol. The van der Waals surface area contributed by atoms with E-state index in [1.165, 1.54) is 0 Å². The summed E-state index contributed by atoms with van der Waals surface area (Å²) in [5.41, 5.74) is 2.10. The number of likely N-dealkylation sites (tertiary alicyclic amines) is 1. The number of hydrogen-bond donors (Lipinski definition) is 0. The molecule has 0 bridgehead atoms. The minimum atomic E-state index is -0.503. The van der Waals surface area contributed by atoms with Gasteiger partial charge in [0.2, 0.25) is 0 Å². The first-order valence-electron chi connectivity index (χ1n) is 10.7. The van der Waals surface area contributed by atoms with Gasteiger partial charge in [0.1, 0.15) is 5.60 Å². The number of ether oxygens (including phenoxy) is 2. The summed E-state index contributed by atoms with van der Waals surface area (Å²) in [5, 5.41) is 1.20. The van der Waals surface area contributed by atoms with Crippen LogP contribution in [0.2, 0.25) is 10.0 Å². The van der Waals surface area contributed by atoms with E-state index in [1.54, 1.807) is 4.90 Å². The summed E-state index contributed by atoms with van der Waals surface area (Å²) in [6.45, 7) is 7.79. The van der Waals surface area contributed by atoms with E-state index in [4.69, 9.17) is 32.7 Å². The van der Waals surface area contributed by atoms with E-state index in [0.29, 0.717) is 42.3 Å². The van der Waals surface area contributed by atoms with Gasteiger partial charge in [-0.3, -0.25) is 4.57 Å². The molecular formula is C24H27Cl2N3O3. The van der Waals surface area contributed by atoms with Crippen molar-refractivity contribution in [2.45, 2.75) is 39.3 Å². The fourth-order valence-electron chi connectivity index (χ4n) is 3.81. The summed E-state index contributed by atoms with van der Waals surface area (Å²) in [5.74, 6) is 0.208. The van der Waals surface area contributed by atoms with Gasteiger partial charge in [-0.1, -0.05) is 41.4 Å². The molecule has 3 aromatic rings. The Morgan fingerprint density at radius 2 is 1.84 bits per heavy atom. The predicted molar refractivity (Wildman–Crippen MR) is 127 cm³/mol. The fourth-order valence-corrected chi connectivity index (χ4v) is 4.33. The lowest BCUT2D eigenvalue weighted by Gasteiger charge is -2.24. The highest BCUT2D eigenvalue weighted by atomic mass is 35.5. The van der Waals surface area contributed by atoms with E-state index in [9.17, 15) is 4.79 Å². The zero-order chi connectivity index (χ0) is 22.9. The Bertz CT molecular complexity index is 1100. The molecule has 0 spiro atoms. The van der Waals surface area contributed by atoms with Crippen LogP contribution in [0.3, 0.4) is 0 Å². The number of aromatic nitrogens is 2. The normalized spacial score (nSPS) is 16.5. The summed E-state index contributed by atoms with van der Waals surface area (Å²) >= 11 is 12.8. The lowest BCUT2D eigenvalue weighted by Crippen LogP contribution is -2.35. The van der Waals surface area contributed by atoms with Crippen LogP contribution in [-0.4, -0.2) is 45.8 Å². The van der Waals surface area contributed by atoms with Gasteiger partial charge in [-0.05, 0) is 51.5 Å². The van der Waals surface area contributed by atoms with E-state index in [1.807, 2.05) is 67.8 Å². The van der Waals surface area contributed by atoms with Gasteiger partial charge in [-0.2, -0.15) is 4.98 Å². The smallest absolute Gasteiger partial charge is 0.410 e. The summed E-state index contributed by atoms with van der Waals surface area (Å²) < 4.78 is 13.6. The van der Waals surface area contributed by atoms with Crippen molar-refractivity contribution in [3.8, 4) is 6.01 Å². The molecule has 2 aromatic carbocycles. The molecule has 2 heterocycles. The van der Waals surface area contributed by atoms with Gasteiger partial charge >= 0.3 is 6.09 Å². The number of carbonyl (C=O) groups is 1. The van der Waals surface area contributed by atoms with Crippen LogP contribution >= 0.6 is 23.2 Å². The molecule has 1 amide bonds. The van der Waals surface area contributed by atoms with Crippen molar-refractivity contribution in [2.24, 2.45) is 5.92 Å². The Balaban J connectivity index is 1.49. The van der Waals surface area contributed by atoms with E-state index in [0.717, 1.165) is 23.0 Å². The average molecular weight is 476 g/mol. The number of imidazole rings is 1. The van der Waals surface area contributed by atoms with Gasteiger partial charge in [0.15, 0.2) is 0 Å². The summed E-state index contributed by atoms with van der Waals surface area (Å²) in [7, 11) is 0. The molecule has 1 aliphatic heterocycles. The van der Waals surface area contributed by atoms with E-state index < -0.39 is 5.60 Å². The second kappa shape index (κ2) is 9.20. The lowest BCUT2D eigenvalue weighted by atomic mass is 10.1. The minimum absolute atomic E-state index is 0.208. The number of halogens is 2. The number of para-hydroxylation sites is 2. The predicted octanol–water partition coefficient (Wildman–Crippen LogP) is 6.03. The van der Waals surface area contributed by atoms with Gasteiger partial charge in [-0.25, -0.2) is 4.79 Å². The van der Waals surface area contributed by atoms with Gasteiger partial charge in [0.25, 0.3) is 6.01 Å². The molecule has 1 fully saturated rings. The maximum atomic E-state index is 12.3. The highest BCUT2D eigenvalue weighted by Gasteiger charge is 2.30. The van der Waals surface area contributed by atoms with Crippen molar-refractivity contribution in [2.75, 3.05) is 19.7 Å². The number of rotatable bonds is 5. The van der Waals surface area contributed by atoms with Crippen molar-refractivity contribution < 1.29 is 14.3 Å². The minimum Gasteiger partial charge on any atom is -0.464 e. The first kappa shape index (κ1) is 22.7. The number of amides is 1. The van der Waals surface area contributed by atoms with Crippen LogP contribution in [0.15, 0.2) is 42.5 Å². The van der Waals surface area contributed by atoms with Gasteiger partial charge in [0.05, 0.1) is 24.2 Å². The molecule has 170 valence electrons. The first-order chi connectivity index (χ1) is 15.2. The largest absolute Gasteiger partial charge is 0.464 e. The Hall–Kier alpha value is -2.44. The van der Waals surface area contributed by atoms with Crippen molar-refractivity contribution in [3.63, 3.8) is 0 Å². The maximum Gasteiger partial charge on any atom is 0.410 e. The lowest BCUT2D eigenvalue weighted by molar-refractivity contribution is 0.0284. The van der Waals surface area contributed by atoms with Crippen LogP contribution in [-0.2, 0) is 11.3 Å². The third-order valence-electron chi connectivity index (χ3n) is 5.38. The standard InChI is InChI=1S/C24H27Cl2N3O3/c1-24(2,3)32-23(30)28-12-11-16(13-28)15-31-22-27-20-9-4-5-10-21(20)29(22)14-17-18(25)7-6-8-19(17)26/h4-10,16H,11-15H2,1-3H3/t16-/m1/s1. The summed E-state index contributed by atoms with van der Waals surface area (Å²) in [4.78, 5) is 18.8. The van der Waals surface area contributed by atoms with E-state index in [-0.39, 0.29) is 12.0 Å². The van der Waals surface area contributed by atoms with Crippen LogP contribution in [0, 0.1) is 5.92 Å². The van der Waals surface area contributed by atoms with Crippen LogP contribution in [0.4, 0.5) is 4.79 Å². The average Bonchev–Trinajstić information content (AvgIpc) is 3.33. The van der Waals surface area contributed by atoms with Gasteiger partial charge in [-0.15, -0.1) is 0 Å². The van der Waals surface area contributed by atoms with Crippen molar-refractivity contribution >= 4 is 40.3 Å². The second-order valence-electron chi connectivity index (χ2n) is 9.06. The molecule has 0 aliphatic carbocycles. The first-order valence-corrected chi connectivity index (χ1v) is 11.5. The van der Waals surface area contributed by atoms with Crippen LogP contribution in [0.5, 0.6) is 6.01 Å². The highest BCUT2D eigenvalue weighted by molar-refractivity contribution is 6.36. The van der Waals surface area contributed by atoms with Crippen LogP contribution in [0.25, 0.3) is 11.0 Å². The Morgan fingerprint density at radius 3 is 2.56 bits per heavy atom. The molecule has 0 radical (unpaired) electrons. The maximum absolute atomic E-state index is 12.3. The second-order valence-corrected chi connectivity index (χ2v) is 9.88. The zero-order valence-electron chi connectivity index (χ0n) is 18.5. The SMILES string of the molecule is CC(C)(C)OC(=O)N1CC[C@@H](COc2nc3ccccc3n2Cc2c(Cl)cccc2Cl)C1. The topological polar surface area (TPSA) is 56.6 Å². The highest BCUT2D eigenvalue weighted by Crippen LogP contribution is 2.30. The van der Waals surface area contributed by atoms with Gasteiger partial charge < -0.3 is 14.4 Å². The third-order valence-corrected chi connectivity index (χ3v) is 6.09. The Labute approximate surface area is 198 Å². The molecule has 1 atom stereocenters. The van der Waals surface area contributed by atoms with E-state index >= 15 is 0 Å². The van der Waals surface area contributed by atoms with Crippen LogP contribution < -0.4 is 4.74 Å². The molecule has 1 aromatic heterocycles. The van der Waals surface area contributed by atoms with Crippen LogP contribution in [0.1, 0.15) is 32.8 Å². The summed E-state index contributed by atoms with van der Waals surface area (Å²) in [6, 6.07) is 13.9. The Kier molecular flexibility index (Phi) is 6.54. The molecule has 1 aliphatic rings. The number of nitrogens with zero attached hydrogens (tertiary/aromatic N) is 3. The molecule has 0 N–H and O–H groups in total. The number of fused-ring (bicyclic) bond motifs is 1. The molecular weight excluding hydrogens is 449 g/mol. The molecule has 1 saturated heterocycles. The van der Waals surface area contributed by atoms with Gasteiger partial charge in [0, 0.05) is 34.6 Å². The molecule has 4 rings (SSSR count). The quantitative estimate of drug-likeness (QED) is 0.452. The molecule has 32 heavy (non-hydrogen) atoms. The fraction of sp³-hybridized carbons (Fsp3) is 0.417. The molecule has 6 nitrogen and oxygen atoms in total. The number of hydrogen-bond acceptors (Lipinski definition) is 4. The third kappa shape index (κ3) is 5.13. The molecule has 0 unspecified atom stereocenters. The zero-order valence-corrected chi connectivity index (χ0v) is 20.0. The molecule has 8 heteroatoms. The van der Waals surface area contributed by atoms with Crippen molar-refractivity contribution in [3.05, 3.63) is 58.1 Å².